The Labute approximate surface area is 130 Å². The number of rotatable bonds is 7. The first-order valence-corrected chi connectivity index (χ1v) is 7.14. The minimum absolute atomic E-state index is 0.572. The lowest BCUT2D eigenvalue weighted by Gasteiger charge is -2.13. The van der Waals surface area contributed by atoms with Gasteiger partial charge in [-0.05, 0) is 23.8 Å². The van der Waals surface area contributed by atoms with Gasteiger partial charge in [-0.15, -0.1) is 0 Å². The number of ether oxygens (including phenoxy) is 2. The predicted molar refractivity (Wildman–Crippen MR) is 84.2 cm³/mol. The van der Waals surface area contributed by atoms with E-state index in [1.54, 1.807) is 20.4 Å². The minimum Gasteiger partial charge on any atom is -0.493 e. The van der Waals surface area contributed by atoms with E-state index in [-0.39, 0.29) is 0 Å². The van der Waals surface area contributed by atoms with Crippen LogP contribution in [0.15, 0.2) is 36.5 Å². The van der Waals surface area contributed by atoms with Gasteiger partial charge in [0.15, 0.2) is 11.5 Å². The number of pyridine rings is 1. The van der Waals surface area contributed by atoms with Crippen LogP contribution in [0, 0.1) is 0 Å². The summed E-state index contributed by atoms with van der Waals surface area (Å²) >= 11 is 6.33. The third-order valence-corrected chi connectivity index (χ3v) is 3.58. The fraction of sp³-hybridized carbons (Fsp3) is 0.312. The van der Waals surface area contributed by atoms with E-state index >= 15 is 0 Å². The molecule has 0 aliphatic heterocycles. The molecule has 1 aromatic carbocycles. The normalized spacial score (nSPS) is 10.4. The van der Waals surface area contributed by atoms with E-state index in [9.17, 15) is 0 Å². The highest BCUT2D eigenvalue weighted by Gasteiger charge is 2.12. The van der Waals surface area contributed by atoms with Crippen molar-refractivity contribution in [3.63, 3.8) is 0 Å². The Hall–Kier alpha value is -1.78. The number of halogens is 1. The van der Waals surface area contributed by atoms with Gasteiger partial charge in [0, 0.05) is 31.4 Å². The quantitative estimate of drug-likeness (QED) is 0.798. The van der Waals surface area contributed by atoms with Gasteiger partial charge >= 0.3 is 0 Å². The van der Waals surface area contributed by atoms with Crippen molar-refractivity contribution in [2.45, 2.75) is 13.0 Å². The van der Waals surface area contributed by atoms with Crippen molar-refractivity contribution in [1.29, 1.82) is 0 Å². The highest BCUT2D eigenvalue weighted by atomic mass is 35.5. The van der Waals surface area contributed by atoms with E-state index in [2.05, 4.69) is 10.3 Å². The Morgan fingerprint density at radius 2 is 2.00 bits per heavy atom. The van der Waals surface area contributed by atoms with E-state index in [1.807, 2.05) is 30.3 Å². The van der Waals surface area contributed by atoms with Crippen LogP contribution >= 0.6 is 11.6 Å². The molecule has 1 N–H and O–H groups in total. The number of aromatic nitrogens is 1. The molecule has 0 saturated heterocycles. The number of benzene rings is 1. The molecule has 0 amide bonds. The summed E-state index contributed by atoms with van der Waals surface area (Å²) in [5, 5.41) is 3.94. The van der Waals surface area contributed by atoms with Crippen molar-refractivity contribution in [1.82, 2.24) is 10.3 Å². The fourth-order valence-corrected chi connectivity index (χ4v) is 2.35. The first-order chi connectivity index (χ1) is 10.3. The van der Waals surface area contributed by atoms with Crippen molar-refractivity contribution < 1.29 is 9.47 Å². The zero-order chi connectivity index (χ0) is 15.1. The summed E-state index contributed by atoms with van der Waals surface area (Å²) in [6.45, 7) is 1.51. The molecule has 2 rings (SSSR count). The Kier molecular flexibility index (Phi) is 5.84. The lowest BCUT2D eigenvalue weighted by molar-refractivity contribution is 0.354. The molecule has 112 valence electrons. The van der Waals surface area contributed by atoms with Gasteiger partial charge in [0.05, 0.1) is 19.2 Å². The van der Waals surface area contributed by atoms with E-state index in [1.165, 1.54) is 0 Å². The van der Waals surface area contributed by atoms with Crippen molar-refractivity contribution in [3.8, 4) is 11.5 Å². The lowest BCUT2D eigenvalue weighted by Crippen LogP contribution is -2.17. The monoisotopic (exact) mass is 306 g/mol. The maximum absolute atomic E-state index is 6.33. The highest BCUT2D eigenvalue weighted by molar-refractivity contribution is 6.33. The molecule has 0 spiro atoms. The molecule has 0 aliphatic carbocycles. The SMILES string of the molecule is COc1ccc(CNCCc2ccccn2)c(Cl)c1OC. The largest absolute Gasteiger partial charge is 0.493 e. The van der Waals surface area contributed by atoms with E-state index in [0.717, 1.165) is 24.2 Å². The molecule has 1 heterocycles. The zero-order valence-electron chi connectivity index (χ0n) is 12.2. The summed E-state index contributed by atoms with van der Waals surface area (Å²) < 4.78 is 10.5. The van der Waals surface area contributed by atoms with Crippen LogP contribution in [0.5, 0.6) is 11.5 Å². The zero-order valence-corrected chi connectivity index (χ0v) is 13.0. The molecule has 0 aliphatic rings. The third kappa shape index (κ3) is 4.09. The molecule has 0 saturated carbocycles. The van der Waals surface area contributed by atoms with Crippen molar-refractivity contribution in [2.75, 3.05) is 20.8 Å². The lowest BCUT2D eigenvalue weighted by atomic mass is 10.2. The van der Waals surface area contributed by atoms with Crippen LogP contribution in [0.2, 0.25) is 5.02 Å². The number of hydrogen-bond donors (Lipinski definition) is 1. The van der Waals surface area contributed by atoms with Gasteiger partial charge in [0.1, 0.15) is 0 Å². The smallest absolute Gasteiger partial charge is 0.179 e. The van der Waals surface area contributed by atoms with Gasteiger partial charge in [-0.2, -0.15) is 0 Å². The minimum atomic E-state index is 0.572. The second-order valence-electron chi connectivity index (χ2n) is 4.52. The molecule has 0 unspecified atom stereocenters. The number of methoxy groups -OCH3 is 2. The molecule has 0 bridgehead atoms. The second kappa shape index (κ2) is 7.86. The standard InChI is InChI=1S/C16H19ClN2O2/c1-20-14-7-6-12(15(17)16(14)21-2)11-18-10-8-13-5-3-4-9-19-13/h3-7,9,18H,8,10-11H2,1-2H3. The van der Waals surface area contributed by atoms with Gasteiger partial charge in [-0.25, -0.2) is 0 Å². The Balaban J connectivity index is 1.91. The summed E-state index contributed by atoms with van der Waals surface area (Å²) in [7, 11) is 3.18. The maximum atomic E-state index is 6.33. The number of hydrogen-bond acceptors (Lipinski definition) is 4. The predicted octanol–water partition coefficient (Wildman–Crippen LogP) is 3.08. The Bertz CT molecular complexity index is 576. The highest BCUT2D eigenvalue weighted by Crippen LogP contribution is 2.37. The van der Waals surface area contributed by atoms with Crippen molar-refractivity contribution in [3.05, 3.63) is 52.8 Å². The Morgan fingerprint density at radius 3 is 2.67 bits per heavy atom. The van der Waals surface area contributed by atoms with E-state index in [4.69, 9.17) is 21.1 Å². The van der Waals surface area contributed by atoms with Gasteiger partial charge in [-0.3, -0.25) is 4.98 Å². The van der Waals surface area contributed by atoms with Crippen LogP contribution in [-0.2, 0) is 13.0 Å². The first-order valence-electron chi connectivity index (χ1n) is 6.76. The molecular formula is C16H19ClN2O2. The van der Waals surface area contributed by atoms with Gasteiger partial charge in [-0.1, -0.05) is 23.7 Å². The van der Waals surface area contributed by atoms with Crippen LogP contribution in [-0.4, -0.2) is 25.7 Å². The first kappa shape index (κ1) is 15.6. The van der Waals surface area contributed by atoms with E-state index in [0.29, 0.717) is 23.1 Å². The molecule has 4 nitrogen and oxygen atoms in total. The average Bonchev–Trinajstić information content (AvgIpc) is 2.53. The molecule has 1 aromatic heterocycles. The van der Waals surface area contributed by atoms with Crippen LogP contribution in [0.4, 0.5) is 0 Å². The topological polar surface area (TPSA) is 43.4 Å². The molecule has 0 fully saturated rings. The molecule has 5 heteroatoms. The Morgan fingerprint density at radius 1 is 1.14 bits per heavy atom. The summed E-state index contributed by atoms with van der Waals surface area (Å²) in [5.74, 6) is 1.21. The van der Waals surface area contributed by atoms with Crippen molar-refractivity contribution in [2.24, 2.45) is 0 Å². The third-order valence-electron chi connectivity index (χ3n) is 3.16. The van der Waals surface area contributed by atoms with Gasteiger partial charge < -0.3 is 14.8 Å². The van der Waals surface area contributed by atoms with Crippen LogP contribution in [0.25, 0.3) is 0 Å². The molecular weight excluding hydrogens is 288 g/mol. The number of nitrogens with zero attached hydrogens (tertiary/aromatic N) is 1. The van der Waals surface area contributed by atoms with Crippen LogP contribution in [0.1, 0.15) is 11.3 Å². The summed E-state index contributed by atoms with van der Waals surface area (Å²) in [6, 6.07) is 9.73. The molecule has 2 aromatic rings. The molecule has 0 radical (unpaired) electrons. The van der Waals surface area contributed by atoms with Crippen LogP contribution < -0.4 is 14.8 Å². The number of nitrogens with one attached hydrogen (secondary N) is 1. The van der Waals surface area contributed by atoms with Crippen molar-refractivity contribution >= 4 is 11.6 Å². The van der Waals surface area contributed by atoms with E-state index < -0.39 is 0 Å². The average molecular weight is 307 g/mol. The summed E-state index contributed by atoms with van der Waals surface area (Å²) in [5.41, 5.74) is 2.05. The van der Waals surface area contributed by atoms with Gasteiger partial charge in [0.25, 0.3) is 0 Å². The summed E-state index contributed by atoms with van der Waals surface area (Å²) in [6.07, 6.45) is 2.69. The summed E-state index contributed by atoms with van der Waals surface area (Å²) in [4.78, 5) is 4.29. The van der Waals surface area contributed by atoms with Gasteiger partial charge in [0.2, 0.25) is 0 Å². The fourth-order valence-electron chi connectivity index (χ4n) is 2.05. The second-order valence-corrected chi connectivity index (χ2v) is 4.90. The molecule has 21 heavy (non-hydrogen) atoms. The maximum Gasteiger partial charge on any atom is 0.179 e. The van der Waals surface area contributed by atoms with Crippen LogP contribution in [0.3, 0.4) is 0 Å². The molecule has 0 atom stereocenters.